The first kappa shape index (κ1) is 21.7. The molecule has 1 unspecified atom stereocenters. The van der Waals surface area contributed by atoms with Gasteiger partial charge in [0.05, 0.1) is 12.6 Å². The van der Waals surface area contributed by atoms with Crippen molar-refractivity contribution in [3.05, 3.63) is 11.6 Å². The van der Waals surface area contributed by atoms with Crippen molar-refractivity contribution in [2.75, 3.05) is 32.6 Å². The second-order valence-electron chi connectivity index (χ2n) is 6.77. The lowest BCUT2D eigenvalue weighted by Gasteiger charge is -2.34. The number of rotatable bonds is 5. The maximum Gasteiger partial charge on any atom is 0.191 e. The number of hydrogen-bond donors (Lipinski definition) is 2. The predicted octanol–water partition coefficient (Wildman–Crippen LogP) is 2.51. The molecule has 0 bridgehead atoms. The van der Waals surface area contributed by atoms with Crippen LogP contribution in [0.4, 0.5) is 0 Å². The van der Waals surface area contributed by atoms with Gasteiger partial charge in [-0.25, -0.2) is 9.67 Å². The average molecular weight is 494 g/mol. The van der Waals surface area contributed by atoms with Crippen LogP contribution >= 0.6 is 35.7 Å². The number of aryl methyl sites for hydroxylation is 2. The Labute approximate surface area is 177 Å². The van der Waals surface area contributed by atoms with E-state index in [4.69, 9.17) is 9.73 Å². The highest BCUT2D eigenvalue weighted by Crippen LogP contribution is 2.34. The van der Waals surface area contributed by atoms with Gasteiger partial charge in [0.1, 0.15) is 11.6 Å². The first-order valence-electron chi connectivity index (χ1n) is 9.25. The number of nitrogens with zero attached hydrogens (tertiary/aromatic N) is 4. The molecule has 0 aromatic carbocycles. The maximum atomic E-state index is 5.53. The fraction of sp³-hybridized carbons (Fsp3) is 0.824. The standard InChI is InChI=1S/C17H30N6OS.HI/c1-4-18-16(19-12-17(25-3)7-10-24-11-8-17)21-14-6-5-9-23-15(14)20-13(2)22-23;/h14H,4-12H2,1-3H3,(H2,18,19,21);1H. The Morgan fingerprint density at radius 1 is 1.42 bits per heavy atom. The summed E-state index contributed by atoms with van der Waals surface area (Å²) in [6.07, 6.45) is 6.48. The molecule has 1 atom stereocenters. The van der Waals surface area contributed by atoms with Crippen LogP contribution in [0.3, 0.4) is 0 Å². The molecule has 0 spiro atoms. The zero-order valence-corrected chi connectivity index (χ0v) is 19.1. The van der Waals surface area contributed by atoms with Gasteiger partial charge in [-0.2, -0.15) is 16.9 Å². The number of nitrogens with one attached hydrogen (secondary N) is 2. The van der Waals surface area contributed by atoms with Crippen LogP contribution in [0.2, 0.25) is 0 Å². The van der Waals surface area contributed by atoms with Gasteiger partial charge in [-0.3, -0.25) is 4.99 Å². The summed E-state index contributed by atoms with van der Waals surface area (Å²) < 4.78 is 7.76. The molecule has 26 heavy (non-hydrogen) atoms. The molecule has 0 radical (unpaired) electrons. The summed E-state index contributed by atoms with van der Waals surface area (Å²) in [5.41, 5.74) is 0. The van der Waals surface area contributed by atoms with E-state index in [9.17, 15) is 0 Å². The third-order valence-corrected chi connectivity index (χ3v) is 6.40. The first-order chi connectivity index (χ1) is 12.2. The lowest BCUT2D eigenvalue weighted by molar-refractivity contribution is 0.0794. The van der Waals surface area contributed by atoms with Crippen molar-refractivity contribution in [2.45, 2.75) is 56.9 Å². The molecule has 9 heteroatoms. The highest BCUT2D eigenvalue weighted by Gasteiger charge is 2.32. The number of ether oxygens (including phenoxy) is 1. The molecule has 2 aliphatic rings. The predicted molar refractivity (Wildman–Crippen MR) is 118 cm³/mol. The molecule has 2 N–H and O–H groups in total. The average Bonchev–Trinajstić information content (AvgIpc) is 3.02. The van der Waals surface area contributed by atoms with Gasteiger partial charge >= 0.3 is 0 Å². The van der Waals surface area contributed by atoms with E-state index in [-0.39, 0.29) is 34.8 Å². The van der Waals surface area contributed by atoms with Crippen molar-refractivity contribution in [3.8, 4) is 0 Å². The molecule has 1 fully saturated rings. The Hall–Kier alpha value is -0.550. The highest BCUT2D eigenvalue weighted by atomic mass is 127. The second-order valence-corrected chi connectivity index (χ2v) is 8.05. The number of guanidine groups is 1. The zero-order chi connectivity index (χ0) is 17.7. The van der Waals surface area contributed by atoms with E-state index in [2.05, 4.69) is 33.9 Å². The van der Waals surface area contributed by atoms with Gasteiger partial charge in [-0.15, -0.1) is 24.0 Å². The minimum atomic E-state index is 0. The molecule has 0 amide bonds. The molecule has 1 aromatic rings. The highest BCUT2D eigenvalue weighted by molar-refractivity contribution is 14.0. The van der Waals surface area contributed by atoms with Crippen LogP contribution in [0.1, 0.15) is 50.3 Å². The summed E-state index contributed by atoms with van der Waals surface area (Å²) in [5.74, 6) is 2.75. The summed E-state index contributed by atoms with van der Waals surface area (Å²) in [4.78, 5) is 9.53. The quantitative estimate of drug-likeness (QED) is 0.372. The van der Waals surface area contributed by atoms with Gasteiger partial charge in [0.15, 0.2) is 5.96 Å². The van der Waals surface area contributed by atoms with Crippen LogP contribution in [-0.4, -0.2) is 58.0 Å². The van der Waals surface area contributed by atoms with Crippen molar-refractivity contribution in [2.24, 2.45) is 4.99 Å². The van der Waals surface area contributed by atoms with E-state index >= 15 is 0 Å². The fourth-order valence-electron chi connectivity index (χ4n) is 3.48. The van der Waals surface area contributed by atoms with E-state index in [1.54, 1.807) is 0 Å². The summed E-state index contributed by atoms with van der Waals surface area (Å²) in [7, 11) is 0. The number of hydrogen-bond acceptors (Lipinski definition) is 5. The number of thioether (sulfide) groups is 1. The molecule has 3 rings (SSSR count). The van der Waals surface area contributed by atoms with Crippen molar-refractivity contribution in [1.82, 2.24) is 25.4 Å². The third kappa shape index (κ3) is 5.25. The van der Waals surface area contributed by atoms with Crippen LogP contribution in [0.25, 0.3) is 0 Å². The fourth-order valence-corrected chi connectivity index (χ4v) is 4.25. The topological polar surface area (TPSA) is 76.4 Å². The van der Waals surface area contributed by atoms with Gasteiger partial charge in [0.2, 0.25) is 0 Å². The van der Waals surface area contributed by atoms with Crippen LogP contribution in [-0.2, 0) is 11.3 Å². The molecule has 0 aliphatic carbocycles. The second kappa shape index (κ2) is 10.1. The normalized spacial score (nSPS) is 22.3. The summed E-state index contributed by atoms with van der Waals surface area (Å²) >= 11 is 1.92. The summed E-state index contributed by atoms with van der Waals surface area (Å²) in [6.45, 7) is 8.35. The van der Waals surface area contributed by atoms with Crippen LogP contribution in [0, 0.1) is 6.92 Å². The van der Waals surface area contributed by atoms with Crippen molar-refractivity contribution in [3.63, 3.8) is 0 Å². The Morgan fingerprint density at radius 3 is 2.88 bits per heavy atom. The molecule has 1 aromatic heterocycles. The first-order valence-corrected chi connectivity index (χ1v) is 10.5. The lowest BCUT2D eigenvalue weighted by Crippen LogP contribution is -2.43. The molecular formula is C17H31IN6OS. The lowest BCUT2D eigenvalue weighted by atomic mass is 9.99. The SMILES string of the molecule is CCNC(=NCC1(SC)CCOCC1)NC1CCCn2nc(C)nc21.I. The Kier molecular flexibility index (Phi) is 8.46. The van der Waals surface area contributed by atoms with Crippen molar-refractivity contribution >= 4 is 41.7 Å². The Bertz CT molecular complexity index is 602. The minimum absolute atomic E-state index is 0. The van der Waals surface area contributed by atoms with Crippen molar-refractivity contribution < 1.29 is 4.74 Å². The van der Waals surface area contributed by atoms with Crippen LogP contribution in [0.15, 0.2) is 4.99 Å². The van der Waals surface area contributed by atoms with Gasteiger partial charge in [-0.1, -0.05) is 0 Å². The zero-order valence-electron chi connectivity index (χ0n) is 16.0. The van der Waals surface area contributed by atoms with E-state index in [1.165, 1.54) is 0 Å². The number of fused-ring (bicyclic) bond motifs is 1. The molecule has 0 saturated carbocycles. The smallest absolute Gasteiger partial charge is 0.191 e. The summed E-state index contributed by atoms with van der Waals surface area (Å²) in [6, 6.07) is 0.174. The minimum Gasteiger partial charge on any atom is -0.381 e. The number of halogens is 1. The van der Waals surface area contributed by atoms with Crippen LogP contribution < -0.4 is 10.6 Å². The maximum absolute atomic E-state index is 5.53. The molecular weight excluding hydrogens is 463 g/mol. The largest absolute Gasteiger partial charge is 0.381 e. The Balaban J connectivity index is 0.00000243. The third-order valence-electron chi connectivity index (χ3n) is 5.00. The molecule has 3 heterocycles. The van der Waals surface area contributed by atoms with Crippen molar-refractivity contribution in [1.29, 1.82) is 0 Å². The van der Waals surface area contributed by atoms with E-state index < -0.39 is 0 Å². The molecule has 148 valence electrons. The van der Waals surface area contributed by atoms with E-state index in [0.29, 0.717) is 0 Å². The van der Waals surface area contributed by atoms with Gasteiger partial charge in [-0.05, 0) is 45.8 Å². The number of aliphatic imine (C=N–C) groups is 1. The van der Waals surface area contributed by atoms with E-state index in [1.807, 2.05) is 23.4 Å². The monoisotopic (exact) mass is 494 g/mol. The molecule has 7 nitrogen and oxygen atoms in total. The molecule has 2 aliphatic heterocycles. The van der Waals surface area contributed by atoms with Gasteiger partial charge in [0, 0.05) is 31.1 Å². The Morgan fingerprint density at radius 2 is 2.19 bits per heavy atom. The molecule has 1 saturated heterocycles. The number of aromatic nitrogens is 3. The van der Waals surface area contributed by atoms with Gasteiger partial charge < -0.3 is 15.4 Å². The van der Waals surface area contributed by atoms with Gasteiger partial charge in [0.25, 0.3) is 0 Å². The summed E-state index contributed by atoms with van der Waals surface area (Å²) in [5, 5.41) is 11.5. The van der Waals surface area contributed by atoms with E-state index in [0.717, 1.165) is 76.1 Å². The van der Waals surface area contributed by atoms with Crippen LogP contribution in [0.5, 0.6) is 0 Å².